The van der Waals surface area contributed by atoms with Crippen LogP contribution in [-0.4, -0.2) is 8.65 Å². The van der Waals surface area contributed by atoms with Gasteiger partial charge >= 0.3 is 0 Å². The molecular weight excluding hydrogens is 448 g/mol. The van der Waals surface area contributed by atoms with E-state index in [0.717, 1.165) is 0 Å². The van der Waals surface area contributed by atoms with Crippen LogP contribution in [0.15, 0.2) is 48.5 Å². The van der Waals surface area contributed by atoms with Crippen LogP contribution in [0.5, 0.6) is 0 Å². The van der Waals surface area contributed by atoms with Gasteiger partial charge in [-0.25, -0.2) is 0 Å². The molecule has 0 heterocycles. The molecule has 2 heteroatoms. The highest BCUT2D eigenvalue weighted by Crippen LogP contribution is 2.72. The summed E-state index contributed by atoms with van der Waals surface area (Å²) in [5, 5.41) is 0. The highest BCUT2D eigenvalue weighted by atomic mass is 79.9. The molecule has 0 nitrogen and oxygen atoms in total. The van der Waals surface area contributed by atoms with Crippen LogP contribution in [0.25, 0.3) is 0 Å². The second kappa shape index (κ2) is 5.47. The van der Waals surface area contributed by atoms with Gasteiger partial charge in [0.2, 0.25) is 0 Å². The lowest BCUT2D eigenvalue weighted by Gasteiger charge is -2.68. The highest BCUT2D eigenvalue weighted by molar-refractivity contribution is 9.10. The first-order valence-electron chi connectivity index (χ1n) is 9.76. The molecule has 2 aromatic carbocycles. The largest absolute Gasteiger partial charge is 0.0852 e. The summed E-state index contributed by atoms with van der Waals surface area (Å²) in [5.41, 5.74) is 6.36. The third-order valence-corrected chi connectivity index (χ3v) is 8.94. The van der Waals surface area contributed by atoms with Crippen molar-refractivity contribution in [1.29, 1.82) is 0 Å². The maximum absolute atomic E-state index is 4.26. The monoisotopic (exact) mass is 472 g/mol. The molecule has 2 aromatic rings. The van der Waals surface area contributed by atoms with E-state index >= 15 is 0 Å². The average molecular weight is 474 g/mol. The summed E-state index contributed by atoms with van der Waals surface area (Å²) in [6, 6.07) is 18.8. The van der Waals surface area contributed by atoms with Crippen LogP contribution >= 0.6 is 31.9 Å². The van der Waals surface area contributed by atoms with Gasteiger partial charge < -0.3 is 0 Å². The zero-order valence-corrected chi connectivity index (χ0v) is 18.8. The Balaban J connectivity index is 1.67. The van der Waals surface area contributed by atoms with Gasteiger partial charge in [-0.05, 0) is 74.3 Å². The van der Waals surface area contributed by atoms with E-state index < -0.39 is 0 Å². The molecule has 4 aliphatic carbocycles. The van der Waals surface area contributed by atoms with Crippen LogP contribution in [0.4, 0.5) is 0 Å². The van der Waals surface area contributed by atoms with Gasteiger partial charge in [0.05, 0.1) is 0 Å². The van der Waals surface area contributed by atoms with Crippen molar-refractivity contribution in [2.75, 3.05) is 0 Å². The molecule has 4 bridgehead atoms. The Hall–Kier alpha value is -0.600. The van der Waals surface area contributed by atoms with E-state index in [4.69, 9.17) is 0 Å². The van der Waals surface area contributed by atoms with E-state index in [1.54, 1.807) is 11.1 Å². The second-order valence-corrected chi connectivity index (χ2v) is 13.0. The van der Waals surface area contributed by atoms with Crippen molar-refractivity contribution in [3.05, 3.63) is 70.8 Å². The molecule has 0 spiro atoms. The van der Waals surface area contributed by atoms with E-state index in [2.05, 4.69) is 94.2 Å². The van der Waals surface area contributed by atoms with E-state index in [1.165, 1.54) is 49.7 Å². The Bertz CT molecular complexity index is 763. The molecule has 0 aliphatic heterocycles. The van der Waals surface area contributed by atoms with Gasteiger partial charge in [0.1, 0.15) is 0 Å². The maximum Gasteiger partial charge on any atom is 0.0288 e. The molecule has 0 saturated heterocycles. The molecule has 6 rings (SSSR count). The number of aryl methyl sites for hydroxylation is 2. The van der Waals surface area contributed by atoms with Gasteiger partial charge in [0.15, 0.2) is 0 Å². The summed E-state index contributed by atoms with van der Waals surface area (Å²) < 4.78 is 0.502. The average Bonchev–Trinajstić information content (AvgIpc) is 2.52. The Kier molecular flexibility index (Phi) is 3.68. The van der Waals surface area contributed by atoms with Crippen LogP contribution < -0.4 is 0 Å². The van der Waals surface area contributed by atoms with Crippen molar-refractivity contribution < 1.29 is 0 Å². The Morgan fingerprint density at radius 2 is 0.885 bits per heavy atom. The molecule has 0 unspecified atom stereocenters. The summed E-state index contributed by atoms with van der Waals surface area (Å²) in [6.45, 7) is 4.38. The minimum Gasteiger partial charge on any atom is -0.0852 e. The lowest BCUT2D eigenvalue weighted by atomic mass is 9.41. The van der Waals surface area contributed by atoms with Gasteiger partial charge in [0.25, 0.3) is 0 Å². The standard InChI is InChI=1S/C24H26Br2/c1-17-3-7-19(8-4-17)21-11-22(20-9-5-18(2)6-10-20)14-23(25,12-21)16-24(26,13-21)15-22/h3-10H,11-16H2,1-2H3. The van der Waals surface area contributed by atoms with Crippen molar-refractivity contribution in [3.8, 4) is 0 Å². The fourth-order valence-electron chi connectivity index (χ4n) is 6.82. The van der Waals surface area contributed by atoms with Gasteiger partial charge in [0, 0.05) is 8.65 Å². The number of alkyl halides is 2. The predicted octanol–water partition coefficient (Wildman–Crippen LogP) is 7.13. The molecular formula is C24H26Br2. The van der Waals surface area contributed by atoms with E-state index in [9.17, 15) is 0 Å². The van der Waals surface area contributed by atoms with Crippen LogP contribution in [0.1, 0.15) is 60.8 Å². The molecule has 4 fully saturated rings. The van der Waals surface area contributed by atoms with Crippen LogP contribution in [0, 0.1) is 13.8 Å². The van der Waals surface area contributed by atoms with Crippen LogP contribution in [-0.2, 0) is 10.8 Å². The second-order valence-electron chi connectivity index (χ2n) is 9.66. The third kappa shape index (κ3) is 2.58. The van der Waals surface area contributed by atoms with Crippen molar-refractivity contribution in [2.24, 2.45) is 0 Å². The molecule has 0 atom stereocenters. The van der Waals surface area contributed by atoms with E-state index in [1.807, 2.05) is 0 Å². The molecule has 4 aliphatic rings. The number of hydrogen-bond acceptors (Lipinski definition) is 0. The van der Waals surface area contributed by atoms with Gasteiger partial charge in [-0.2, -0.15) is 0 Å². The minimum absolute atomic E-state index is 0.251. The third-order valence-electron chi connectivity index (χ3n) is 7.26. The van der Waals surface area contributed by atoms with Crippen molar-refractivity contribution >= 4 is 31.9 Å². The number of benzene rings is 2. The first-order chi connectivity index (χ1) is 12.2. The fraction of sp³-hybridized carbons (Fsp3) is 0.500. The summed E-state index contributed by atoms with van der Waals surface area (Å²) in [7, 11) is 0. The number of halogens is 2. The Labute approximate surface area is 174 Å². The van der Waals surface area contributed by atoms with Gasteiger partial charge in [-0.1, -0.05) is 91.5 Å². The van der Waals surface area contributed by atoms with Gasteiger partial charge in [-0.3, -0.25) is 0 Å². The fourth-order valence-corrected chi connectivity index (χ4v) is 10.4. The topological polar surface area (TPSA) is 0 Å². The SMILES string of the molecule is Cc1ccc(C23CC4(Br)CC(Br)(C2)CC(c2ccc(C)cc2)(C4)C3)cc1. The van der Waals surface area contributed by atoms with E-state index in [0.29, 0.717) is 0 Å². The number of hydrogen-bond donors (Lipinski definition) is 0. The Morgan fingerprint density at radius 3 is 1.23 bits per heavy atom. The maximum atomic E-state index is 4.26. The van der Waals surface area contributed by atoms with Gasteiger partial charge in [-0.15, -0.1) is 0 Å². The highest BCUT2D eigenvalue weighted by Gasteiger charge is 2.67. The summed E-state index contributed by atoms with van der Waals surface area (Å²) in [4.78, 5) is 0. The molecule has 0 aromatic heterocycles. The summed E-state index contributed by atoms with van der Waals surface area (Å²) in [5.74, 6) is 0. The molecule has 26 heavy (non-hydrogen) atoms. The number of rotatable bonds is 2. The summed E-state index contributed by atoms with van der Waals surface area (Å²) in [6.07, 6.45) is 7.61. The first-order valence-corrected chi connectivity index (χ1v) is 11.3. The predicted molar refractivity (Wildman–Crippen MR) is 117 cm³/mol. The normalized spacial score (nSPS) is 40.8. The van der Waals surface area contributed by atoms with Crippen molar-refractivity contribution in [2.45, 2.75) is 71.9 Å². The van der Waals surface area contributed by atoms with E-state index in [-0.39, 0.29) is 19.5 Å². The van der Waals surface area contributed by atoms with Crippen LogP contribution in [0.3, 0.4) is 0 Å². The minimum atomic E-state index is 0.251. The zero-order chi connectivity index (χ0) is 18.2. The lowest BCUT2D eigenvalue weighted by Crippen LogP contribution is -2.66. The Morgan fingerprint density at radius 1 is 0.538 bits per heavy atom. The lowest BCUT2D eigenvalue weighted by molar-refractivity contribution is 0.0104. The van der Waals surface area contributed by atoms with Crippen molar-refractivity contribution in [1.82, 2.24) is 0 Å². The molecule has 0 radical (unpaired) electrons. The van der Waals surface area contributed by atoms with Crippen LogP contribution in [0.2, 0.25) is 0 Å². The first kappa shape index (κ1) is 17.5. The quantitative estimate of drug-likeness (QED) is 0.407. The molecule has 0 N–H and O–H groups in total. The van der Waals surface area contributed by atoms with Crippen molar-refractivity contribution in [3.63, 3.8) is 0 Å². The zero-order valence-electron chi connectivity index (χ0n) is 15.6. The molecule has 0 amide bonds. The molecule has 136 valence electrons. The smallest absolute Gasteiger partial charge is 0.0288 e. The molecule has 4 saturated carbocycles. The summed E-state index contributed by atoms with van der Waals surface area (Å²) >= 11 is 8.51.